The Morgan fingerprint density at radius 2 is 2.05 bits per heavy atom. The molecule has 0 fully saturated rings. The van der Waals surface area contributed by atoms with Crippen LogP contribution < -0.4 is 9.47 Å². The molecule has 0 radical (unpaired) electrons. The summed E-state index contributed by atoms with van der Waals surface area (Å²) in [7, 11) is 3.04. The van der Waals surface area contributed by atoms with Crippen LogP contribution in [0.3, 0.4) is 0 Å². The van der Waals surface area contributed by atoms with Crippen molar-refractivity contribution in [3.05, 3.63) is 29.6 Å². The molecule has 0 aliphatic rings. The average Bonchev–Trinajstić information content (AvgIpc) is 2.95. The summed E-state index contributed by atoms with van der Waals surface area (Å²) in [5.41, 5.74) is 0.586. The molecule has 0 N–H and O–H groups in total. The summed E-state index contributed by atoms with van der Waals surface area (Å²) in [6, 6.07) is 5.12. The van der Waals surface area contributed by atoms with Gasteiger partial charge in [0.2, 0.25) is 11.0 Å². The molecule has 1 heterocycles. The number of hydrogen-bond donors (Lipinski definition) is 0. The van der Waals surface area contributed by atoms with E-state index >= 15 is 0 Å². The molecule has 2 rings (SSSR count). The van der Waals surface area contributed by atoms with E-state index in [2.05, 4.69) is 15.3 Å². The van der Waals surface area contributed by atoms with Gasteiger partial charge in [-0.05, 0) is 24.5 Å². The SMILES string of the molecule is COc1ccc(OC)c(/C=N\n2c(SC)nnc2C(F)F)c1. The first-order chi connectivity index (χ1) is 10.6. The van der Waals surface area contributed by atoms with E-state index in [1.54, 1.807) is 24.5 Å². The van der Waals surface area contributed by atoms with E-state index in [1.807, 2.05) is 0 Å². The van der Waals surface area contributed by atoms with E-state index in [0.29, 0.717) is 17.1 Å². The number of hydrogen-bond acceptors (Lipinski definition) is 6. The van der Waals surface area contributed by atoms with Crippen LogP contribution in [-0.2, 0) is 0 Å². The van der Waals surface area contributed by atoms with Gasteiger partial charge in [0.1, 0.15) is 11.5 Å². The Bertz CT molecular complexity index is 676. The fraction of sp³-hybridized carbons (Fsp3) is 0.308. The largest absolute Gasteiger partial charge is 0.497 e. The highest BCUT2D eigenvalue weighted by atomic mass is 32.2. The van der Waals surface area contributed by atoms with Crippen LogP contribution in [0.25, 0.3) is 0 Å². The maximum atomic E-state index is 12.9. The van der Waals surface area contributed by atoms with Gasteiger partial charge in [-0.2, -0.15) is 9.78 Å². The third-order valence-corrected chi connectivity index (χ3v) is 3.38. The summed E-state index contributed by atoms with van der Waals surface area (Å²) >= 11 is 1.17. The molecule has 2 aromatic rings. The summed E-state index contributed by atoms with van der Waals surface area (Å²) in [4.78, 5) is 0. The minimum atomic E-state index is -2.77. The third-order valence-electron chi connectivity index (χ3n) is 2.76. The molecule has 1 aromatic carbocycles. The van der Waals surface area contributed by atoms with E-state index in [0.717, 1.165) is 4.68 Å². The lowest BCUT2D eigenvalue weighted by Crippen LogP contribution is -2.01. The van der Waals surface area contributed by atoms with Gasteiger partial charge in [0.05, 0.1) is 20.4 Å². The number of rotatable bonds is 6. The number of methoxy groups -OCH3 is 2. The Labute approximate surface area is 130 Å². The number of ether oxygens (including phenoxy) is 2. The summed E-state index contributed by atoms with van der Waals surface area (Å²) in [5, 5.41) is 11.4. The standard InChI is InChI=1S/C13H14F2N4O2S/c1-20-9-4-5-10(21-2)8(6-9)7-16-19-12(11(14)15)17-18-13(19)22-3/h4-7,11H,1-3H3/b16-7-. The molecule has 22 heavy (non-hydrogen) atoms. The second-order valence-electron chi connectivity index (χ2n) is 4.01. The predicted octanol–water partition coefficient (Wildman–Crippen LogP) is 2.84. The predicted molar refractivity (Wildman–Crippen MR) is 79.3 cm³/mol. The molecule has 0 bridgehead atoms. The van der Waals surface area contributed by atoms with Crippen molar-refractivity contribution in [3.8, 4) is 11.5 Å². The number of aromatic nitrogens is 3. The number of alkyl halides is 2. The first kappa shape index (κ1) is 16.2. The molecule has 0 amide bonds. The van der Waals surface area contributed by atoms with Crippen molar-refractivity contribution >= 4 is 18.0 Å². The highest BCUT2D eigenvalue weighted by Gasteiger charge is 2.19. The van der Waals surface area contributed by atoms with Crippen molar-refractivity contribution in [2.24, 2.45) is 5.10 Å². The van der Waals surface area contributed by atoms with Gasteiger partial charge in [0.15, 0.2) is 0 Å². The van der Waals surface area contributed by atoms with Crippen molar-refractivity contribution in [2.75, 3.05) is 20.5 Å². The van der Waals surface area contributed by atoms with Crippen LogP contribution in [0.5, 0.6) is 11.5 Å². The van der Waals surface area contributed by atoms with E-state index in [-0.39, 0.29) is 5.16 Å². The molecule has 1 aromatic heterocycles. The van der Waals surface area contributed by atoms with Crippen LogP contribution in [-0.4, -0.2) is 41.6 Å². The second kappa shape index (κ2) is 7.21. The van der Waals surface area contributed by atoms with Crippen LogP contribution in [0.4, 0.5) is 8.78 Å². The van der Waals surface area contributed by atoms with Crippen molar-refractivity contribution < 1.29 is 18.3 Å². The zero-order chi connectivity index (χ0) is 16.1. The van der Waals surface area contributed by atoms with Gasteiger partial charge in [0, 0.05) is 5.56 Å². The Hall–Kier alpha value is -2.16. The molecule has 0 saturated carbocycles. The summed E-state index contributed by atoms with van der Waals surface area (Å²) < 4.78 is 37.2. The molecule has 0 aliphatic carbocycles. The van der Waals surface area contributed by atoms with Gasteiger partial charge in [-0.15, -0.1) is 10.2 Å². The minimum Gasteiger partial charge on any atom is -0.497 e. The van der Waals surface area contributed by atoms with Gasteiger partial charge in [-0.3, -0.25) is 0 Å². The fourth-order valence-corrected chi connectivity index (χ4v) is 2.14. The first-order valence-electron chi connectivity index (χ1n) is 6.14. The summed E-state index contributed by atoms with van der Waals surface area (Å²) in [6.07, 6.45) is 0.339. The van der Waals surface area contributed by atoms with E-state index < -0.39 is 12.2 Å². The number of benzene rings is 1. The number of thioether (sulfide) groups is 1. The summed E-state index contributed by atoms with van der Waals surface area (Å²) in [5.74, 6) is 0.634. The van der Waals surface area contributed by atoms with Crippen molar-refractivity contribution in [1.29, 1.82) is 0 Å². The van der Waals surface area contributed by atoms with Gasteiger partial charge in [-0.25, -0.2) is 8.78 Å². The molecular formula is C13H14F2N4O2S. The molecular weight excluding hydrogens is 314 g/mol. The molecule has 118 valence electrons. The Morgan fingerprint density at radius 1 is 1.27 bits per heavy atom. The summed E-state index contributed by atoms with van der Waals surface area (Å²) in [6.45, 7) is 0. The average molecular weight is 328 g/mol. The van der Waals surface area contributed by atoms with Crippen molar-refractivity contribution in [3.63, 3.8) is 0 Å². The lowest BCUT2D eigenvalue weighted by molar-refractivity contribution is 0.135. The zero-order valence-corrected chi connectivity index (χ0v) is 13.0. The van der Waals surface area contributed by atoms with Gasteiger partial charge >= 0.3 is 0 Å². The quantitative estimate of drug-likeness (QED) is 0.603. The molecule has 0 atom stereocenters. The van der Waals surface area contributed by atoms with Crippen LogP contribution in [0.2, 0.25) is 0 Å². The molecule has 6 nitrogen and oxygen atoms in total. The Morgan fingerprint density at radius 3 is 2.64 bits per heavy atom. The lowest BCUT2D eigenvalue weighted by Gasteiger charge is -2.07. The number of halogens is 2. The van der Waals surface area contributed by atoms with Gasteiger partial charge in [-0.1, -0.05) is 11.8 Å². The Balaban J connectivity index is 2.42. The lowest BCUT2D eigenvalue weighted by atomic mass is 10.2. The molecule has 0 aliphatic heterocycles. The maximum absolute atomic E-state index is 12.9. The molecule has 9 heteroatoms. The van der Waals surface area contributed by atoms with E-state index in [9.17, 15) is 8.78 Å². The monoisotopic (exact) mass is 328 g/mol. The molecule has 0 saturated heterocycles. The second-order valence-corrected chi connectivity index (χ2v) is 4.78. The first-order valence-corrected chi connectivity index (χ1v) is 7.37. The molecule has 0 unspecified atom stereocenters. The van der Waals surface area contributed by atoms with E-state index in [1.165, 1.54) is 32.2 Å². The molecule has 0 spiro atoms. The third kappa shape index (κ3) is 3.35. The highest BCUT2D eigenvalue weighted by molar-refractivity contribution is 7.98. The maximum Gasteiger partial charge on any atom is 0.299 e. The zero-order valence-electron chi connectivity index (χ0n) is 12.2. The van der Waals surface area contributed by atoms with E-state index in [4.69, 9.17) is 9.47 Å². The van der Waals surface area contributed by atoms with Crippen LogP contribution in [0.15, 0.2) is 28.5 Å². The smallest absolute Gasteiger partial charge is 0.299 e. The normalized spacial score (nSPS) is 11.4. The van der Waals surface area contributed by atoms with Crippen molar-refractivity contribution in [2.45, 2.75) is 11.6 Å². The van der Waals surface area contributed by atoms with Gasteiger partial charge < -0.3 is 9.47 Å². The Kier molecular flexibility index (Phi) is 5.31. The topological polar surface area (TPSA) is 61.5 Å². The van der Waals surface area contributed by atoms with Crippen LogP contribution in [0.1, 0.15) is 17.8 Å². The van der Waals surface area contributed by atoms with Crippen molar-refractivity contribution in [1.82, 2.24) is 14.9 Å². The van der Waals surface area contributed by atoms with Crippen LogP contribution in [0, 0.1) is 0 Å². The van der Waals surface area contributed by atoms with Crippen LogP contribution >= 0.6 is 11.8 Å². The number of nitrogens with zero attached hydrogens (tertiary/aromatic N) is 4. The van der Waals surface area contributed by atoms with Gasteiger partial charge in [0.25, 0.3) is 6.43 Å². The fourth-order valence-electron chi connectivity index (χ4n) is 1.71. The highest BCUT2D eigenvalue weighted by Crippen LogP contribution is 2.24. The minimum absolute atomic E-state index is 0.272.